The molecular weight excluding hydrogens is 387 g/mol. The summed E-state index contributed by atoms with van der Waals surface area (Å²) >= 11 is 1.80. The van der Waals surface area contributed by atoms with E-state index < -0.39 is 0 Å². The Kier molecular flexibility index (Phi) is 8.31. The van der Waals surface area contributed by atoms with Crippen LogP contribution in [0.25, 0.3) is 0 Å². The number of hydrogen-bond acceptors (Lipinski definition) is 4. The number of anilines is 1. The quantitative estimate of drug-likeness (QED) is 0.507. The number of guanidine groups is 1. The van der Waals surface area contributed by atoms with Crippen LogP contribution in [0.15, 0.2) is 40.7 Å². The summed E-state index contributed by atoms with van der Waals surface area (Å²) in [6.45, 7) is 9.10. The van der Waals surface area contributed by atoms with Crippen LogP contribution in [0.3, 0.4) is 0 Å². The molecule has 1 saturated heterocycles. The van der Waals surface area contributed by atoms with E-state index in [9.17, 15) is 4.39 Å². The molecule has 2 heterocycles. The summed E-state index contributed by atoms with van der Waals surface area (Å²) in [7, 11) is 0. The minimum Gasteiger partial charge on any atom is -0.378 e. The second-order valence-electron chi connectivity index (χ2n) is 7.35. The first-order chi connectivity index (χ1) is 14.2. The van der Waals surface area contributed by atoms with E-state index in [0.717, 1.165) is 44.1 Å². The molecule has 1 fully saturated rings. The maximum Gasteiger partial charge on any atom is 0.191 e. The summed E-state index contributed by atoms with van der Waals surface area (Å²) in [4.78, 5) is 8.07. The smallest absolute Gasteiger partial charge is 0.191 e. The van der Waals surface area contributed by atoms with Gasteiger partial charge in [0.2, 0.25) is 0 Å². The van der Waals surface area contributed by atoms with Crippen LogP contribution >= 0.6 is 11.3 Å². The van der Waals surface area contributed by atoms with Crippen LogP contribution in [0, 0.1) is 11.7 Å². The van der Waals surface area contributed by atoms with Crippen molar-refractivity contribution < 1.29 is 9.13 Å². The number of morpholine rings is 1. The highest BCUT2D eigenvalue weighted by atomic mass is 32.1. The van der Waals surface area contributed by atoms with Gasteiger partial charge in [0.05, 0.1) is 25.4 Å². The molecule has 2 N–H and O–H groups in total. The number of thiophene rings is 1. The zero-order valence-electron chi connectivity index (χ0n) is 17.3. The van der Waals surface area contributed by atoms with Gasteiger partial charge >= 0.3 is 0 Å². The fraction of sp³-hybridized carbons (Fsp3) is 0.500. The summed E-state index contributed by atoms with van der Waals surface area (Å²) in [6.07, 6.45) is 1.05. The first-order valence-electron chi connectivity index (χ1n) is 10.3. The Morgan fingerprint density at radius 3 is 2.79 bits per heavy atom. The predicted octanol–water partition coefficient (Wildman–Crippen LogP) is 3.66. The van der Waals surface area contributed by atoms with Crippen LogP contribution in [-0.2, 0) is 17.7 Å². The Bertz CT molecular complexity index is 775. The molecule has 158 valence electrons. The van der Waals surface area contributed by atoms with Gasteiger partial charge in [-0.25, -0.2) is 9.38 Å². The molecule has 1 aliphatic heterocycles. The largest absolute Gasteiger partial charge is 0.378 e. The van der Waals surface area contributed by atoms with Gasteiger partial charge in [-0.2, -0.15) is 0 Å². The number of rotatable bonds is 8. The Morgan fingerprint density at radius 1 is 1.28 bits per heavy atom. The average molecular weight is 419 g/mol. The molecule has 0 aliphatic carbocycles. The van der Waals surface area contributed by atoms with Gasteiger partial charge in [-0.05, 0) is 48.4 Å². The van der Waals surface area contributed by atoms with Crippen molar-refractivity contribution in [3.05, 3.63) is 52.0 Å². The Labute approximate surface area is 177 Å². The zero-order chi connectivity index (χ0) is 20.5. The highest BCUT2D eigenvalue weighted by Crippen LogP contribution is 2.22. The molecule has 1 aliphatic rings. The summed E-state index contributed by atoms with van der Waals surface area (Å²) in [5.41, 5.74) is 1.51. The second kappa shape index (κ2) is 11.2. The Balaban J connectivity index is 1.55. The van der Waals surface area contributed by atoms with Gasteiger partial charge in [0, 0.05) is 31.1 Å². The molecule has 0 bridgehead atoms. The summed E-state index contributed by atoms with van der Waals surface area (Å²) < 4.78 is 19.9. The lowest BCUT2D eigenvalue weighted by Gasteiger charge is -2.29. The SMILES string of the molecule is CCNC(=NCc1ccc(N2CCOCC2)c(F)c1)NCC(C)Cc1cccs1. The maximum atomic E-state index is 14.6. The second-order valence-corrected chi connectivity index (χ2v) is 8.38. The van der Waals surface area contributed by atoms with Crippen molar-refractivity contribution in [2.24, 2.45) is 10.9 Å². The third-order valence-corrected chi connectivity index (χ3v) is 5.77. The van der Waals surface area contributed by atoms with Crippen molar-refractivity contribution in [3.63, 3.8) is 0 Å². The van der Waals surface area contributed by atoms with Crippen LogP contribution < -0.4 is 15.5 Å². The van der Waals surface area contributed by atoms with Gasteiger partial charge in [0.15, 0.2) is 5.96 Å². The number of ether oxygens (including phenoxy) is 1. The lowest BCUT2D eigenvalue weighted by atomic mass is 10.1. The Hall–Kier alpha value is -2.12. The van der Waals surface area contributed by atoms with Crippen LogP contribution in [-0.4, -0.2) is 45.4 Å². The minimum absolute atomic E-state index is 0.192. The third-order valence-electron chi connectivity index (χ3n) is 4.88. The van der Waals surface area contributed by atoms with E-state index in [2.05, 4.69) is 40.1 Å². The summed E-state index contributed by atoms with van der Waals surface area (Å²) in [5.74, 6) is 1.08. The highest BCUT2D eigenvalue weighted by molar-refractivity contribution is 7.09. The van der Waals surface area contributed by atoms with Crippen molar-refractivity contribution in [1.29, 1.82) is 0 Å². The molecule has 2 aromatic rings. The van der Waals surface area contributed by atoms with E-state index >= 15 is 0 Å². The lowest BCUT2D eigenvalue weighted by Crippen LogP contribution is -2.39. The molecule has 1 atom stereocenters. The molecule has 0 saturated carbocycles. The first-order valence-corrected chi connectivity index (χ1v) is 11.2. The number of nitrogens with zero attached hydrogens (tertiary/aromatic N) is 2. The molecule has 7 heteroatoms. The van der Waals surface area contributed by atoms with E-state index in [0.29, 0.717) is 31.4 Å². The fourth-order valence-electron chi connectivity index (χ4n) is 3.34. The number of benzene rings is 1. The highest BCUT2D eigenvalue weighted by Gasteiger charge is 2.15. The van der Waals surface area contributed by atoms with E-state index in [1.165, 1.54) is 4.88 Å². The van der Waals surface area contributed by atoms with Crippen molar-refractivity contribution in [1.82, 2.24) is 10.6 Å². The molecule has 0 amide bonds. The molecular formula is C22H31FN4OS. The van der Waals surface area contributed by atoms with E-state index in [1.807, 2.05) is 24.0 Å². The van der Waals surface area contributed by atoms with Crippen LogP contribution in [0.4, 0.5) is 10.1 Å². The molecule has 3 rings (SSSR count). The Morgan fingerprint density at radius 2 is 2.10 bits per heavy atom. The van der Waals surface area contributed by atoms with E-state index in [-0.39, 0.29) is 5.82 Å². The average Bonchev–Trinajstić information content (AvgIpc) is 3.24. The normalized spacial score (nSPS) is 16.0. The first kappa shape index (κ1) is 21.6. The van der Waals surface area contributed by atoms with Gasteiger partial charge in [-0.15, -0.1) is 11.3 Å². The fourth-order valence-corrected chi connectivity index (χ4v) is 4.21. The van der Waals surface area contributed by atoms with Crippen LogP contribution in [0.1, 0.15) is 24.3 Å². The molecule has 0 spiro atoms. The van der Waals surface area contributed by atoms with Crippen molar-refractivity contribution in [2.75, 3.05) is 44.3 Å². The minimum atomic E-state index is -0.192. The van der Waals surface area contributed by atoms with Crippen LogP contribution in [0.5, 0.6) is 0 Å². The number of halogens is 1. The van der Waals surface area contributed by atoms with Crippen molar-refractivity contribution in [2.45, 2.75) is 26.8 Å². The number of nitrogens with one attached hydrogen (secondary N) is 2. The standard InChI is InChI=1S/C22H31FN4OS/c1-3-24-22(25-15-17(2)13-19-5-4-12-29-19)26-16-18-6-7-21(20(23)14-18)27-8-10-28-11-9-27/h4-7,12,14,17H,3,8-11,13,15-16H2,1-2H3,(H2,24,25,26). The molecule has 5 nitrogen and oxygen atoms in total. The van der Waals surface area contributed by atoms with Crippen molar-refractivity contribution in [3.8, 4) is 0 Å². The number of hydrogen-bond donors (Lipinski definition) is 2. The zero-order valence-corrected chi connectivity index (χ0v) is 18.1. The van der Waals surface area contributed by atoms with Gasteiger partial charge in [0.1, 0.15) is 5.82 Å². The molecule has 1 unspecified atom stereocenters. The maximum absolute atomic E-state index is 14.6. The summed E-state index contributed by atoms with van der Waals surface area (Å²) in [6, 6.07) is 9.68. The molecule has 0 radical (unpaired) electrons. The van der Waals surface area contributed by atoms with Gasteiger partial charge < -0.3 is 20.3 Å². The monoisotopic (exact) mass is 418 g/mol. The molecule has 1 aromatic heterocycles. The van der Waals surface area contributed by atoms with Gasteiger partial charge in [0.25, 0.3) is 0 Å². The lowest BCUT2D eigenvalue weighted by molar-refractivity contribution is 0.122. The van der Waals surface area contributed by atoms with Gasteiger partial charge in [-0.1, -0.05) is 19.1 Å². The van der Waals surface area contributed by atoms with E-state index in [1.54, 1.807) is 17.4 Å². The molecule has 1 aromatic carbocycles. The topological polar surface area (TPSA) is 48.9 Å². The molecule has 29 heavy (non-hydrogen) atoms. The number of aliphatic imine (C=N–C) groups is 1. The van der Waals surface area contributed by atoms with E-state index in [4.69, 9.17) is 4.74 Å². The third kappa shape index (κ3) is 6.72. The predicted molar refractivity (Wildman–Crippen MR) is 119 cm³/mol. The van der Waals surface area contributed by atoms with Crippen LogP contribution in [0.2, 0.25) is 0 Å². The van der Waals surface area contributed by atoms with Gasteiger partial charge in [-0.3, -0.25) is 0 Å². The summed E-state index contributed by atoms with van der Waals surface area (Å²) in [5, 5.41) is 8.79. The van der Waals surface area contributed by atoms with Crippen molar-refractivity contribution >= 4 is 23.0 Å².